The number of hydrogen-bond donors (Lipinski definition) is 2. The first-order valence-electron chi connectivity index (χ1n) is 10.8. The first-order valence-corrected chi connectivity index (χ1v) is 10.8. The van der Waals surface area contributed by atoms with Gasteiger partial charge in [0.2, 0.25) is 0 Å². The molecule has 1 fully saturated rings. The number of piperidine rings is 1. The zero-order valence-corrected chi connectivity index (χ0v) is 17.9. The number of hydrogen-bond acceptors (Lipinski definition) is 7. The van der Waals surface area contributed by atoms with E-state index in [1.165, 1.54) is 0 Å². The van der Waals surface area contributed by atoms with Crippen LogP contribution in [0.4, 0.5) is 0 Å². The molecule has 0 bridgehead atoms. The van der Waals surface area contributed by atoms with Crippen molar-refractivity contribution in [2.75, 3.05) is 33.4 Å². The Hall–Kier alpha value is -3.20. The van der Waals surface area contributed by atoms with E-state index in [1.54, 1.807) is 7.11 Å². The average Bonchev–Trinajstić information content (AvgIpc) is 3.24. The van der Waals surface area contributed by atoms with Gasteiger partial charge in [-0.15, -0.1) is 0 Å². The van der Waals surface area contributed by atoms with Gasteiger partial charge in [-0.1, -0.05) is 18.2 Å². The summed E-state index contributed by atoms with van der Waals surface area (Å²) in [5.41, 5.74) is 3.21. The van der Waals surface area contributed by atoms with Crippen LogP contribution in [0.5, 0.6) is 11.5 Å². The number of ether oxygens (including phenoxy) is 3. The van der Waals surface area contributed by atoms with E-state index in [-0.39, 0.29) is 6.10 Å². The number of aliphatic hydroxyl groups is 1. The van der Waals surface area contributed by atoms with Crippen LogP contribution in [0.1, 0.15) is 6.42 Å². The maximum atomic E-state index is 10.3. The number of aliphatic hydroxyl groups excluding tert-OH is 1. The number of benzene rings is 1. The Balaban J connectivity index is 1.47. The number of fused-ring (bicyclic) bond motifs is 2. The van der Waals surface area contributed by atoms with E-state index in [2.05, 4.69) is 10.3 Å². The zero-order valence-electron chi connectivity index (χ0n) is 17.9. The van der Waals surface area contributed by atoms with E-state index in [4.69, 9.17) is 19.2 Å². The van der Waals surface area contributed by atoms with Gasteiger partial charge in [0.05, 0.1) is 24.2 Å². The van der Waals surface area contributed by atoms with Crippen molar-refractivity contribution >= 4 is 16.6 Å². The molecule has 4 aromatic rings. The molecule has 1 aromatic carbocycles. The lowest BCUT2D eigenvalue weighted by atomic mass is 10.1. The van der Waals surface area contributed by atoms with Crippen LogP contribution in [-0.4, -0.2) is 65.1 Å². The van der Waals surface area contributed by atoms with E-state index in [0.29, 0.717) is 25.5 Å². The monoisotopic (exact) mass is 434 g/mol. The highest BCUT2D eigenvalue weighted by molar-refractivity contribution is 5.86. The SMILES string of the molecule is COCCOc1ccn2c(-c3ccc4cccc(O[C@H]5CCNC[C@H]5O)c4n3)cnc2c1. The van der Waals surface area contributed by atoms with Crippen molar-refractivity contribution in [2.45, 2.75) is 18.6 Å². The summed E-state index contributed by atoms with van der Waals surface area (Å²) in [7, 11) is 1.65. The molecule has 2 atom stereocenters. The molecule has 8 nitrogen and oxygen atoms in total. The molecule has 4 heterocycles. The Kier molecular flexibility index (Phi) is 5.89. The molecule has 0 saturated carbocycles. The number of β-amino-alcohol motifs (C(OH)–C–C–N with tert-alkyl or cyclic N) is 1. The largest absolute Gasteiger partial charge is 0.491 e. The Morgan fingerprint density at radius 1 is 1.19 bits per heavy atom. The average molecular weight is 434 g/mol. The van der Waals surface area contributed by atoms with Crippen LogP contribution < -0.4 is 14.8 Å². The highest BCUT2D eigenvalue weighted by Gasteiger charge is 2.25. The molecule has 32 heavy (non-hydrogen) atoms. The molecule has 1 saturated heterocycles. The number of pyridine rings is 2. The van der Waals surface area contributed by atoms with Crippen molar-refractivity contribution in [1.29, 1.82) is 0 Å². The Bertz CT molecular complexity index is 1230. The van der Waals surface area contributed by atoms with Crippen molar-refractivity contribution < 1.29 is 19.3 Å². The summed E-state index contributed by atoms with van der Waals surface area (Å²) in [6.45, 7) is 2.38. The van der Waals surface area contributed by atoms with Gasteiger partial charge in [-0.05, 0) is 31.2 Å². The fraction of sp³-hybridized carbons (Fsp3) is 0.333. The summed E-state index contributed by atoms with van der Waals surface area (Å²) in [4.78, 5) is 9.44. The molecule has 0 radical (unpaired) electrons. The molecule has 0 spiro atoms. The summed E-state index contributed by atoms with van der Waals surface area (Å²) in [5, 5.41) is 14.4. The van der Waals surface area contributed by atoms with Gasteiger partial charge in [-0.25, -0.2) is 9.97 Å². The topological polar surface area (TPSA) is 90.1 Å². The second-order valence-electron chi connectivity index (χ2n) is 7.82. The fourth-order valence-corrected chi connectivity index (χ4v) is 3.96. The summed E-state index contributed by atoms with van der Waals surface area (Å²) in [6.07, 6.45) is 3.70. The molecule has 1 aliphatic heterocycles. The Morgan fingerprint density at radius 3 is 3.00 bits per heavy atom. The van der Waals surface area contributed by atoms with Crippen LogP contribution in [0.2, 0.25) is 0 Å². The van der Waals surface area contributed by atoms with E-state index in [0.717, 1.165) is 46.7 Å². The van der Waals surface area contributed by atoms with Crippen molar-refractivity contribution in [2.24, 2.45) is 0 Å². The van der Waals surface area contributed by atoms with Gasteiger partial charge >= 0.3 is 0 Å². The third-order valence-corrected chi connectivity index (χ3v) is 5.65. The zero-order chi connectivity index (χ0) is 21.9. The highest BCUT2D eigenvalue weighted by Crippen LogP contribution is 2.30. The maximum absolute atomic E-state index is 10.3. The number of nitrogens with one attached hydrogen (secondary N) is 1. The van der Waals surface area contributed by atoms with Crippen LogP contribution in [0.3, 0.4) is 0 Å². The van der Waals surface area contributed by atoms with Crippen LogP contribution in [0, 0.1) is 0 Å². The molecule has 0 unspecified atom stereocenters. The number of imidazole rings is 1. The molecule has 3 aromatic heterocycles. The lowest BCUT2D eigenvalue weighted by molar-refractivity contribution is 0.0170. The molecule has 0 amide bonds. The molecule has 166 valence electrons. The summed E-state index contributed by atoms with van der Waals surface area (Å²) >= 11 is 0. The summed E-state index contributed by atoms with van der Waals surface area (Å²) in [6, 6.07) is 13.7. The van der Waals surface area contributed by atoms with Gasteiger partial charge in [0.25, 0.3) is 0 Å². The van der Waals surface area contributed by atoms with Crippen LogP contribution in [-0.2, 0) is 4.74 Å². The van der Waals surface area contributed by atoms with Crippen molar-refractivity contribution in [1.82, 2.24) is 19.7 Å². The first kappa shape index (κ1) is 20.7. The molecule has 5 rings (SSSR count). The molecular formula is C24H26N4O4. The third kappa shape index (κ3) is 4.12. The van der Waals surface area contributed by atoms with Crippen LogP contribution in [0.15, 0.2) is 54.9 Å². The minimum Gasteiger partial charge on any atom is -0.491 e. The van der Waals surface area contributed by atoms with Crippen molar-refractivity contribution in [3.8, 4) is 22.9 Å². The number of nitrogens with zero attached hydrogens (tertiary/aromatic N) is 3. The first-order chi connectivity index (χ1) is 15.7. The number of para-hydroxylation sites is 1. The van der Waals surface area contributed by atoms with Gasteiger partial charge in [0.1, 0.15) is 41.5 Å². The van der Waals surface area contributed by atoms with Crippen LogP contribution >= 0.6 is 0 Å². The number of methoxy groups -OCH3 is 1. The van der Waals surface area contributed by atoms with E-state index in [1.807, 2.05) is 59.3 Å². The van der Waals surface area contributed by atoms with E-state index in [9.17, 15) is 5.11 Å². The molecule has 1 aliphatic rings. The number of aromatic nitrogens is 3. The normalized spacial score (nSPS) is 18.8. The quantitative estimate of drug-likeness (QED) is 0.432. The minimum atomic E-state index is -0.540. The molecule has 8 heteroatoms. The lowest BCUT2D eigenvalue weighted by Gasteiger charge is -2.29. The van der Waals surface area contributed by atoms with Crippen LogP contribution in [0.25, 0.3) is 27.9 Å². The second kappa shape index (κ2) is 9.12. The minimum absolute atomic E-state index is 0.250. The third-order valence-electron chi connectivity index (χ3n) is 5.65. The Morgan fingerprint density at radius 2 is 2.12 bits per heavy atom. The van der Waals surface area contributed by atoms with Gasteiger partial charge in [0.15, 0.2) is 0 Å². The van der Waals surface area contributed by atoms with Crippen molar-refractivity contribution in [3.63, 3.8) is 0 Å². The van der Waals surface area contributed by atoms with Gasteiger partial charge in [-0.3, -0.25) is 4.40 Å². The highest BCUT2D eigenvalue weighted by atomic mass is 16.5. The van der Waals surface area contributed by atoms with Gasteiger partial charge in [0, 0.05) is 31.3 Å². The van der Waals surface area contributed by atoms with Gasteiger partial charge in [-0.2, -0.15) is 0 Å². The summed E-state index contributed by atoms with van der Waals surface area (Å²) in [5.74, 6) is 1.42. The maximum Gasteiger partial charge on any atom is 0.146 e. The van der Waals surface area contributed by atoms with E-state index < -0.39 is 6.10 Å². The Labute approximate surface area is 185 Å². The lowest BCUT2D eigenvalue weighted by Crippen LogP contribution is -2.46. The smallest absolute Gasteiger partial charge is 0.146 e. The molecule has 2 N–H and O–H groups in total. The summed E-state index contributed by atoms with van der Waals surface area (Å²) < 4.78 is 18.9. The number of rotatable bonds is 7. The van der Waals surface area contributed by atoms with Gasteiger partial charge < -0.3 is 24.6 Å². The predicted octanol–water partition coefficient (Wildman–Crippen LogP) is 2.68. The standard InChI is InChI=1S/C24H26N4O4/c1-30-11-12-31-17-8-10-28-19(14-26-23(28)13-17)18-6-5-16-3-2-4-22(24(16)27-18)32-21-7-9-25-15-20(21)29/h2-6,8,10,13-14,20-21,25,29H,7,9,11-12,15H2,1H3/t20-,21+/m1/s1. The fourth-order valence-electron chi connectivity index (χ4n) is 3.96. The molecular weight excluding hydrogens is 408 g/mol. The van der Waals surface area contributed by atoms with Crippen molar-refractivity contribution in [3.05, 3.63) is 54.9 Å². The van der Waals surface area contributed by atoms with E-state index >= 15 is 0 Å². The predicted molar refractivity (Wildman–Crippen MR) is 121 cm³/mol. The molecule has 0 aliphatic carbocycles. The second-order valence-corrected chi connectivity index (χ2v) is 7.82.